The van der Waals surface area contributed by atoms with Crippen LogP contribution in [0.15, 0.2) is 67.8 Å². The zero-order valence-corrected chi connectivity index (χ0v) is 25.6. The Hall–Kier alpha value is -3.10. The number of anilines is 1. The lowest BCUT2D eigenvalue weighted by molar-refractivity contribution is -0.144. The van der Waals surface area contributed by atoms with E-state index in [0.29, 0.717) is 39.0 Å². The van der Waals surface area contributed by atoms with Gasteiger partial charge in [-0.25, -0.2) is 0 Å². The van der Waals surface area contributed by atoms with Crippen molar-refractivity contribution >= 4 is 45.9 Å². The summed E-state index contributed by atoms with van der Waals surface area (Å²) in [6, 6.07) is 13.3. The van der Waals surface area contributed by atoms with Gasteiger partial charge in [-0.3, -0.25) is 14.4 Å². The Kier molecular flexibility index (Phi) is 9.14. The maximum absolute atomic E-state index is 14.9. The molecule has 0 radical (unpaired) electrons. The normalized spacial score (nSPS) is 27.7. The molecule has 3 saturated heterocycles. The molecule has 2 aromatic rings. The molecule has 5 rings (SSSR count). The first-order chi connectivity index (χ1) is 20.3. The molecule has 8 heteroatoms. The van der Waals surface area contributed by atoms with Gasteiger partial charge in [0.1, 0.15) is 6.04 Å². The van der Waals surface area contributed by atoms with Crippen molar-refractivity contribution < 1.29 is 19.5 Å². The van der Waals surface area contributed by atoms with Crippen molar-refractivity contribution in [3.05, 3.63) is 67.8 Å². The van der Waals surface area contributed by atoms with Crippen LogP contribution in [0.5, 0.6) is 0 Å². The van der Waals surface area contributed by atoms with Gasteiger partial charge in [0.15, 0.2) is 0 Å². The fourth-order valence-electron chi connectivity index (χ4n) is 7.59. The molecule has 3 amide bonds. The molecule has 7 nitrogen and oxygen atoms in total. The van der Waals surface area contributed by atoms with Crippen LogP contribution in [0.1, 0.15) is 39.5 Å². The smallest absolute Gasteiger partial charge is 0.251 e. The van der Waals surface area contributed by atoms with E-state index < -0.39 is 22.6 Å². The zero-order valence-electron chi connectivity index (χ0n) is 24.8. The van der Waals surface area contributed by atoms with Gasteiger partial charge in [0.05, 0.1) is 16.6 Å². The number of carbonyl (C=O) groups excluding carboxylic acids is 3. The molecule has 3 aliphatic heterocycles. The molecule has 2 aromatic carbocycles. The van der Waals surface area contributed by atoms with Crippen LogP contribution in [0.3, 0.4) is 0 Å². The lowest BCUT2D eigenvalue weighted by atomic mass is 9.65. The summed E-state index contributed by atoms with van der Waals surface area (Å²) in [6.07, 6.45) is 6.22. The van der Waals surface area contributed by atoms with Crippen molar-refractivity contribution in [1.29, 1.82) is 0 Å². The fraction of sp³-hybridized carbons (Fsp3) is 0.500. The number of thioether (sulfide) groups is 1. The van der Waals surface area contributed by atoms with Crippen LogP contribution in [0.25, 0.3) is 10.8 Å². The Bertz CT molecular complexity index is 1360. The van der Waals surface area contributed by atoms with E-state index in [2.05, 4.69) is 20.1 Å². The number of hydrogen-bond donors (Lipinski definition) is 1. The predicted octanol–water partition coefficient (Wildman–Crippen LogP) is 4.89. The van der Waals surface area contributed by atoms with Crippen LogP contribution < -0.4 is 4.90 Å². The number of rotatable bonds is 13. The van der Waals surface area contributed by atoms with E-state index in [-0.39, 0.29) is 35.5 Å². The summed E-state index contributed by atoms with van der Waals surface area (Å²) in [6.45, 7) is 13.7. The van der Waals surface area contributed by atoms with Gasteiger partial charge in [0.2, 0.25) is 11.8 Å². The third kappa shape index (κ3) is 4.96. The van der Waals surface area contributed by atoms with Crippen molar-refractivity contribution in [3.63, 3.8) is 0 Å². The lowest BCUT2D eigenvalue weighted by Crippen LogP contribution is -2.57. The first-order valence-corrected chi connectivity index (χ1v) is 16.1. The summed E-state index contributed by atoms with van der Waals surface area (Å²) in [5.74, 6) is -1.16. The van der Waals surface area contributed by atoms with Crippen LogP contribution in [0, 0.1) is 17.8 Å². The number of likely N-dealkylation sites (tertiary alicyclic amines) is 1. The Balaban J connectivity index is 1.58. The van der Waals surface area contributed by atoms with Gasteiger partial charge in [0, 0.05) is 43.7 Å². The number of unbranched alkanes of at least 4 members (excludes halogenated alkanes) is 1. The molecular formula is C34H43N3O4S. The molecule has 224 valence electrons. The molecule has 42 heavy (non-hydrogen) atoms. The van der Waals surface area contributed by atoms with E-state index >= 15 is 0 Å². The van der Waals surface area contributed by atoms with Gasteiger partial charge in [-0.15, -0.1) is 24.9 Å². The number of aliphatic hydroxyl groups is 1. The highest BCUT2D eigenvalue weighted by atomic mass is 32.2. The van der Waals surface area contributed by atoms with E-state index in [9.17, 15) is 19.5 Å². The highest BCUT2D eigenvalue weighted by Gasteiger charge is 2.76. The second-order valence-corrected chi connectivity index (χ2v) is 13.4. The molecule has 0 aromatic heterocycles. The minimum Gasteiger partial charge on any atom is -0.396 e. The van der Waals surface area contributed by atoms with Gasteiger partial charge >= 0.3 is 0 Å². The van der Waals surface area contributed by atoms with Crippen molar-refractivity contribution in [2.24, 2.45) is 17.8 Å². The van der Waals surface area contributed by atoms with E-state index in [1.807, 2.05) is 54.3 Å². The van der Waals surface area contributed by atoms with Crippen LogP contribution in [0.2, 0.25) is 0 Å². The number of fused-ring (bicyclic) bond motifs is 2. The van der Waals surface area contributed by atoms with Gasteiger partial charge in [0.25, 0.3) is 5.91 Å². The SMILES string of the molecule is C=CCN(CCC)C(=O)[C@@H]1[C@@H]2CC(C)C3(S2)C(C(=O)N(CC=C)c2ccc4ccccc4c2)N(CCCCO)C(=O)[C@H]13. The maximum Gasteiger partial charge on any atom is 0.251 e. The summed E-state index contributed by atoms with van der Waals surface area (Å²) in [4.78, 5) is 48.7. The number of carbonyl (C=O) groups is 3. The first kappa shape index (κ1) is 30.4. The van der Waals surface area contributed by atoms with Crippen LogP contribution in [0.4, 0.5) is 5.69 Å². The highest BCUT2D eigenvalue weighted by Crippen LogP contribution is 2.69. The number of hydrogen-bond acceptors (Lipinski definition) is 5. The first-order valence-electron chi connectivity index (χ1n) is 15.2. The molecule has 0 saturated carbocycles. The summed E-state index contributed by atoms with van der Waals surface area (Å²) in [5.41, 5.74) is 0.763. The summed E-state index contributed by atoms with van der Waals surface area (Å²) in [7, 11) is 0. The summed E-state index contributed by atoms with van der Waals surface area (Å²) in [5, 5.41) is 11.6. The quantitative estimate of drug-likeness (QED) is 0.266. The van der Waals surface area contributed by atoms with E-state index in [0.717, 1.165) is 29.3 Å². The average molecular weight is 590 g/mol. The number of benzene rings is 2. The standard InChI is InChI=1S/C34H43N3O4S/c1-5-16-35(17-6-2)31(39)28-27-21-23(4)34(42-27)29(28)32(40)37(19-10-11-20-38)30(34)33(41)36(18-7-3)26-15-14-24-12-8-9-13-25(24)22-26/h5,7-9,12-15,22-23,27-30,38H,1,3,6,10-11,16-21H2,2,4H3/t23?,27-,28+,29-,30?,34?/m0/s1. The molecule has 0 aliphatic carbocycles. The molecule has 6 atom stereocenters. The van der Waals surface area contributed by atoms with Crippen molar-refractivity contribution in [2.75, 3.05) is 37.7 Å². The molecule has 2 bridgehead atoms. The molecule has 3 unspecified atom stereocenters. The largest absolute Gasteiger partial charge is 0.396 e. The predicted molar refractivity (Wildman–Crippen MR) is 170 cm³/mol. The minimum atomic E-state index is -0.707. The van der Waals surface area contributed by atoms with Gasteiger partial charge in [-0.05, 0) is 54.5 Å². The zero-order chi connectivity index (χ0) is 30.0. The van der Waals surface area contributed by atoms with Gasteiger partial charge in [-0.2, -0.15) is 0 Å². The highest BCUT2D eigenvalue weighted by molar-refractivity contribution is 8.02. The topological polar surface area (TPSA) is 81.2 Å². The molecule has 3 aliphatic rings. The minimum absolute atomic E-state index is 0.00209. The third-order valence-corrected chi connectivity index (χ3v) is 11.4. The van der Waals surface area contributed by atoms with Gasteiger partial charge in [-0.1, -0.05) is 56.3 Å². The number of aliphatic hydroxyl groups excluding tert-OH is 1. The van der Waals surface area contributed by atoms with E-state index in [4.69, 9.17) is 0 Å². The second kappa shape index (κ2) is 12.6. The fourth-order valence-corrected chi connectivity index (χ4v) is 10.00. The molecule has 3 heterocycles. The Morgan fingerprint density at radius 1 is 1.10 bits per heavy atom. The van der Waals surface area contributed by atoms with Crippen LogP contribution >= 0.6 is 11.8 Å². The monoisotopic (exact) mass is 589 g/mol. The van der Waals surface area contributed by atoms with Gasteiger partial charge < -0.3 is 19.8 Å². The molecular weight excluding hydrogens is 546 g/mol. The Morgan fingerprint density at radius 2 is 1.83 bits per heavy atom. The van der Waals surface area contributed by atoms with Crippen LogP contribution in [-0.4, -0.2) is 81.5 Å². The second-order valence-electron chi connectivity index (χ2n) is 11.9. The molecule has 1 spiro atoms. The summed E-state index contributed by atoms with van der Waals surface area (Å²) < 4.78 is -0.694. The van der Waals surface area contributed by atoms with Crippen molar-refractivity contribution in [1.82, 2.24) is 9.80 Å². The third-order valence-electron chi connectivity index (χ3n) is 9.35. The van der Waals surface area contributed by atoms with E-state index in [1.54, 1.807) is 33.7 Å². The maximum atomic E-state index is 14.9. The molecule has 1 N–H and O–H groups in total. The number of nitrogens with zero attached hydrogens (tertiary/aromatic N) is 3. The molecule has 3 fully saturated rings. The average Bonchev–Trinajstić information content (AvgIpc) is 3.58. The van der Waals surface area contributed by atoms with Crippen molar-refractivity contribution in [2.45, 2.75) is 55.6 Å². The van der Waals surface area contributed by atoms with E-state index in [1.165, 1.54) is 0 Å². The number of amides is 3. The Morgan fingerprint density at radius 3 is 2.52 bits per heavy atom. The Labute approximate surface area is 253 Å². The summed E-state index contributed by atoms with van der Waals surface area (Å²) >= 11 is 1.71. The van der Waals surface area contributed by atoms with Crippen LogP contribution in [-0.2, 0) is 14.4 Å². The van der Waals surface area contributed by atoms with Crippen molar-refractivity contribution in [3.8, 4) is 0 Å². The lowest BCUT2D eigenvalue weighted by Gasteiger charge is -2.41.